The van der Waals surface area contributed by atoms with Crippen molar-refractivity contribution < 1.29 is 27.1 Å². The third-order valence-electron chi connectivity index (χ3n) is 4.50. The number of nitrogens with one attached hydrogen (secondary N) is 1. The number of hydrogen-bond acceptors (Lipinski definition) is 8. The molecule has 0 aliphatic carbocycles. The van der Waals surface area contributed by atoms with E-state index in [1.807, 2.05) is 0 Å². The molecule has 0 bridgehead atoms. The van der Waals surface area contributed by atoms with E-state index >= 15 is 0 Å². The maximum atomic E-state index is 12.6. The lowest BCUT2D eigenvalue weighted by Crippen LogP contribution is -2.14. The van der Waals surface area contributed by atoms with E-state index in [0.29, 0.717) is 11.3 Å². The maximum Gasteiger partial charge on any atom is 0.339 e. The van der Waals surface area contributed by atoms with Crippen molar-refractivity contribution in [3.05, 3.63) is 93.0 Å². The Morgan fingerprint density at radius 1 is 1.11 bits per heavy atom. The third-order valence-corrected chi connectivity index (χ3v) is 6.09. The Morgan fingerprint density at radius 2 is 1.83 bits per heavy atom. The molecule has 0 spiro atoms. The van der Waals surface area contributed by atoms with Gasteiger partial charge in [-0.25, -0.2) is 0 Å². The quantitative estimate of drug-likeness (QED) is 0.151. The molecule has 0 heterocycles. The number of carbonyl (C=O) groups excluding carboxylic acids is 1. The number of nitro benzene ring substituents is 1. The average Bonchev–Trinajstić information content (AvgIpc) is 2.83. The summed E-state index contributed by atoms with van der Waals surface area (Å²) in [7, 11) is -2.70. The van der Waals surface area contributed by atoms with Gasteiger partial charge in [0.25, 0.3) is 11.6 Å². The van der Waals surface area contributed by atoms with E-state index in [2.05, 4.69) is 5.32 Å². The third kappa shape index (κ3) is 6.35. The normalized spacial score (nSPS) is 11.3. The number of amides is 1. The van der Waals surface area contributed by atoms with Crippen LogP contribution in [-0.4, -0.2) is 26.4 Å². The number of benzene rings is 3. The fourth-order valence-corrected chi connectivity index (χ4v) is 3.89. The first-order valence-corrected chi connectivity index (χ1v) is 11.5. The van der Waals surface area contributed by atoms with Crippen molar-refractivity contribution >= 4 is 45.1 Å². The zero-order chi connectivity index (χ0) is 25.6. The van der Waals surface area contributed by atoms with Gasteiger partial charge in [0, 0.05) is 12.1 Å². The Balaban J connectivity index is 1.82. The minimum atomic E-state index is -4.15. The van der Waals surface area contributed by atoms with Crippen molar-refractivity contribution in [2.45, 2.75) is 4.90 Å². The van der Waals surface area contributed by atoms with Crippen LogP contribution in [0.1, 0.15) is 5.56 Å². The van der Waals surface area contributed by atoms with E-state index in [4.69, 9.17) is 20.5 Å². The molecule has 0 unspecified atom stereocenters. The van der Waals surface area contributed by atoms with Gasteiger partial charge in [-0.05, 0) is 54.1 Å². The SMILES string of the molecule is COc1ccc(S(=O)(=O)Oc2cccc(/C=C(\C#N)C(=O)Nc3cc([N+](=O)[O-])ccc3Cl)c2)cc1. The number of non-ortho nitro benzene ring substituents is 1. The molecule has 1 N–H and O–H groups in total. The van der Waals surface area contributed by atoms with Gasteiger partial charge in [0.05, 0.1) is 22.7 Å². The van der Waals surface area contributed by atoms with Gasteiger partial charge in [-0.3, -0.25) is 14.9 Å². The molecular formula is C23H16ClN3O7S. The highest BCUT2D eigenvalue weighted by Gasteiger charge is 2.18. The highest BCUT2D eigenvalue weighted by Crippen LogP contribution is 2.27. The van der Waals surface area contributed by atoms with Crippen LogP contribution >= 0.6 is 11.6 Å². The number of nitro groups is 1. The summed E-state index contributed by atoms with van der Waals surface area (Å²) in [6, 6.07) is 16.5. The molecule has 3 aromatic carbocycles. The molecule has 3 aromatic rings. The van der Waals surface area contributed by atoms with E-state index in [1.54, 1.807) is 6.07 Å². The molecule has 0 saturated carbocycles. The summed E-state index contributed by atoms with van der Waals surface area (Å²) < 4.78 is 35.3. The van der Waals surface area contributed by atoms with Crippen LogP contribution in [0.3, 0.4) is 0 Å². The predicted octanol–water partition coefficient (Wildman–Crippen LogP) is 4.57. The Morgan fingerprint density at radius 3 is 2.46 bits per heavy atom. The molecule has 0 aliphatic heterocycles. The zero-order valence-corrected chi connectivity index (χ0v) is 19.5. The van der Waals surface area contributed by atoms with E-state index in [0.717, 1.165) is 6.07 Å². The Hall–Kier alpha value is -4.40. The second kappa shape index (κ2) is 10.7. The van der Waals surface area contributed by atoms with Crippen LogP contribution in [0.25, 0.3) is 6.08 Å². The van der Waals surface area contributed by atoms with Gasteiger partial charge in [-0.1, -0.05) is 23.7 Å². The Kier molecular flexibility index (Phi) is 7.70. The highest BCUT2D eigenvalue weighted by atomic mass is 35.5. The summed E-state index contributed by atoms with van der Waals surface area (Å²) in [4.78, 5) is 22.8. The van der Waals surface area contributed by atoms with Crippen LogP contribution in [0.5, 0.6) is 11.5 Å². The van der Waals surface area contributed by atoms with Crippen molar-refractivity contribution in [1.82, 2.24) is 0 Å². The first-order valence-electron chi connectivity index (χ1n) is 9.68. The molecule has 0 atom stereocenters. The predicted molar refractivity (Wildman–Crippen MR) is 128 cm³/mol. The van der Waals surface area contributed by atoms with Gasteiger partial charge in [-0.2, -0.15) is 13.7 Å². The monoisotopic (exact) mass is 513 g/mol. The number of hydrogen-bond donors (Lipinski definition) is 1. The fourth-order valence-electron chi connectivity index (χ4n) is 2.80. The van der Waals surface area contributed by atoms with Crippen molar-refractivity contribution in [2.75, 3.05) is 12.4 Å². The molecule has 178 valence electrons. The molecule has 10 nitrogen and oxygen atoms in total. The standard InChI is InChI=1S/C23H16ClN3O7S/c1-33-18-6-8-20(9-7-18)35(31,32)34-19-4-2-3-15(12-19)11-16(14-25)23(28)26-22-13-17(27(29)30)5-10-21(22)24/h2-13H,1H3,(H,26,28)/b16-11+. The molecular weight excluding hydrogens is 498 g/mol. The van der Waals surface area contributed by atoms with Gasteiger partial charge >= 0.3 is 10.1 Å². The van der Waals surface area contributed by atoms with E-state index in [1.165, 1.54) is 73.8 Å². The zero-order valence-electron chi connectivity index (χ0n) is 18.0. The number of nitriles is 1. The fraction of sp³-hybridized carbons (Fsp3) is 0.0435. The first kappa shape index (κ1) is 25.2. The Bertz CT molecular complexity index is 1460. The molecule has 12 heteroatoms. The highest BCUT2D eigenvalue weighted by molar-refractivity contribution is 7.87. The van der Waals surface area contributed by atoms with Crippen molar-refractivity contribution in [3.8, 4) is 17.6 Å². The molecule has 3 rings (SSSR count). The van der Waals surface area contributed by atoms with Crippen molar-refractivity contribution in [1.29, 1.82) is 5.26 Å². The van der Waals surface area contributed by atoms with Crippen LogP contribution in [-0.2, 0) is 14.9 Å². The van der Waals surface area contributed by atoms with E-state index in [-0.39, 0.29) is 32.6 Å². The summed E-state index contributed by atoms with van der Waals surface area (Å²) in [5.74, 6) is -0.439. The molecule has 0 aromatic heterocycles. The number of halogens is 1. The minimum Gasteiger partial charge on any atom is -0.497 e. The topological polar surface area (TPSA) is 149 Å². The average molecular weight is 514 g/mol. The van der Waals surface area contributed by atoms with Crippen LogP contribution in [0.4, 0.5) is 11.4 Å². The summed E-state index contributed by atoms with van der Waals surface area (Å²) in [6.07, 6.45) is 1.20. The van der Waals surface area contributed by atoms with Crippen LogP contribution in [0, 0.1) is 21.4 Å². The van der Waals surface area contributed by atoms with Gasteiger partial charge in [0.15, 0.2) is 0 Å². The Labute approximate surface area is 205 Å². The lowest BCUT2D eigenvalue weighted by atomic mass is 10.1. The van der Waals surface area contributed by atoms with Crippen LogP contribution in [0.15, 0.2) is 77.2 Å². The lowest BCUT2D eigenvalue weighted by molar-refractivity contribution is -0.384. The van der Waals surface area contributed by atoms with Gasteiger partial charge in [0.1, 0.15) is 28.0 Å². The largest absolute Gasteiger partial charge is 0.497 e. The number of nitrogens with zero attached hydrogens (tertiary/aromatic N) is 2. The molecule has 1 amide bonds. The van der Waals surface area contributed by atoms with Crippen LogP contribution in [0.2, 0.25) is 5.02 Å². The molecule has 35 heavy (non-hydrogen) atoms. The number of carbonyl (C=O) groups is 1. The number of methoxy groups -OCH3 is 1. The number of rotatable bonds is 8. The smallest absolute Gasteiger partial charge is 0.339 e. The second-order valence-electron chi connectivity index (χ2n) is 6.83. The summed E-state index contributed by atoms with van der Waals surface area (Å²) in [5, 5.41) is 22.8. The van der Waals surface area contributed by atoms with Gasteiger partial charge < -0.3 is 14.2 Å². The minimum absolute atomic E-state index is 0.0420. The number of anilines is 1. The molecule has 0 radical (unpaired) electrons. The maximum absolute atomic E-state index is 12.6. The van der Waals surface area contributed by atoms with Gasteiger partial charge in [-0.15, -0.1) is 0 Å². The van der Waals surface area contributed by atoms with Crippen LogP contribution < -0.4 is 14.2 Å². The number of ether oxygens (including phenoxy) is 1. The molecule has 0 aliphatic rings. The molecule has 0 fully saturated rings. The lowest BCUT2D eigenvalue weighted by Gasteiger charge is -2.09. The second-order valence-corrected chi connectivity index (χ2v) is 8.78. The summed E-state index contributed by atoms with van der Waals surface area (Å²) in [5.41, 5.74) is -0.406. The molecule has 0 saturated heterocycles. The summed E-state index contributed by atoms with van der Waals surface area (Å²) in [6.45, 7) is 0. The van der Waals surface area contributed by atoms with Gasteiger partial charge in [0.2, 0.25) is 0 Å². The summed E-state index contributed by atoms with van der Waals surface area (Å²) >= 11 is 5.98. The van der Waals surface area contributed by atoms with E-state index < -0.39 is 20.9 Å². The van der Waals surface area contributed by atoms with Crippen molar-refractivity contribution in [2.24, 2.45) is 0 Å². The van der Waals surface area contributed by atoms with Crippen molar-refractivity contribution in [3.63, 3.8) is 0 Å². The first-order chi connectivity index (χ1) is 16.6. The van der Waals surface area contributed by atoms with E-state index in [9.17, 15) is 28.6 Å².